The van der Waals surface area contributed by atoms with E-state index in [0.717, 1.165) is 5.56 Å². The Morgan fingerprint density at radius 1 is 1.44 bits per heavy atom. The van der Waals surface area contributed by atoms with Gasteiger partial charge in [0.25, 0.3) is 5.91 Å². The Labute approximate surface area is 95.1 Å². The first kappa shape index (κ1) is 12.5. The van der Waals surface area contributed by atoms with Crippen LogP contribution >= 0.6 is 0 Å². The lowest BCUT2D eigenvalue weighted by Gasteiger charge is -2.19. The van der Waals surface area contributed by atoms with Gasteiger partial charge in [-0.15, -0.1) is 0 Å². The number of nitrogens with zero attached hydrogens (tertiary/aromatic N) is 1. The first-order chi connectivity index (χ1) is 7.60. The monoisotopic (exact) mass is 223 g/mol. The molecule has 0 radical (unpaired) electrons. The molecule has 0 fully saturated rings. The molecular formula is C12H17NO3. The van der Waals surface area contributed by atoms with Crippen molar-refractivity contribution in [1.29, 1.82) is 0 Å². The number of amides is 1. The number of benzene rings is 1. The molecule has 0 heterocycles. The van der Waals surface area contributed by atoms with Gasteiger partial charge in [0.05, 0.1) is 6.61 Å². The molecule has 0 aliphatic rings. The molecule has 0 unspecified atom stereocenters. The van der Waals surface area contributed by atoms with Crippen LogP contribution in [0.3, 0.4) is 0 Å². The van der Waals surface area contributed by atoms with E-state index in [1.807, 2.05) is 6.92 Å². The summed E-state index contributed by atoms with van der Waals surface area (Å²) < 4.78 is 0. The van der Waals surface area contributed by atoms with Crippen molar-refractivity contribution in [1.82, 2.24) is 4.90 Å². The van der Waals surface area contributed by atoms with Gasteiger partial charge in [-0.3, -0.25) is 4.79 Å². The maximum atomic E-state index is 11.9. The van der Waals surface area contributed by atoms with Crippen molar-refractivity contribution in [3.8, 4) is 5.75 Å². The predicted molar refractivity (Wildman–Crippen MR) is 61.5 cm³/mol. The summed E-state index contributed by atoms with van der Waals surface area (Å²) in [5, 5.41) is 18.3. The van der Waals surface area contributed by atoms with E-state index in [2.05, 4.69) is 0 Å². The summed E-state index contributed by atoms with van der Waals surface area (Å²) in [6, 6.07) is 4.84. The number of aliphatic hydroxyl groups excluding tert-OH is 1. The summed E-state index contributed by atoms with van der Waals surface area (Å²) >= 11 is 0. The van der Waals surface area contributed by atoms with Crippen molar-refractivity contribution < 1.29 is 15.0 Å². The summed E-state index contributed by atoms with van der Waals surface area (Å²) in [6.45, 7) is 4.41. The van der Waals surface area contributed by atoms with E-state index in [0.29, 0.717) is 18.7 Å². The molecule has 0 aromatic heterocycles. The first-order valence-electron chi connectivity index (χ1n) is 5.30. The second-order valence-electron chi connectivity index (χ2n) is 3.61. The van der Waals surface area contributed by atoms with E-state index >= 15 is 0 Å². The zero-order valence-electron chi connectivity index (χ0n) is 9.60. The molecular weight excluding hydrogens is 206 g/mol. The molecule has 0 saturated carbocycles. The number of carbonyl (C=O) groups excluding carboxylic acids is 1. The van der Waals surface area contributed by atoms with Gasteiger partial charge in [0.15, 0.2) is 0 Å². The summed E-state index contributed by atoms with van der Waals surface area (Å²) in [5.74, 6) is -0.0576. The molecule has 4 heteroatoms. The fourth-order valence-electron chi connectivity index (χ4n) is 1.45. The number of hydrogen-bond donors (Lipinski definition) is 2. The van der Waals surface area contributed by atoms with Gasteiger partial charge in [0.1, 0.15) is 5.75 Å². The van der Waals surface area contributed by atoms with Gasteiger partial charge in [0.2, 0.25) is 0 Å². The van der Waals surface area contributed by atoms with Crippen molar-refractivity contribution in [3.63, 3.8) is 0 Å². The highest BCUT2D eigenvalue weighted by atomic mass is 16.3. The Balaban J connectivity index is 2.90. The molecule has 0 aliphatic carbocycles. The molecule has 1 amide bonds. The molecule has 0 bridgehead atoms. The zero-order valence-corrected chi connectivity index (χ0v) is 9.60. The van der Waals surface area contributed by atoms with Crippen LogP contribution in [0.2, 0.25) is 0 Å². The van der Waals surface area contributed by atoms with Crippen molar-refractivity contribution in [2.75, 3.05) is 19.7 Å². The van der Waals surface area contributed by atoms with Crippen molar-refractivity contribution in [2.45, 2.75) is 13.8 Å². The van der Waals surface area contributed by atoms with E-state index in [1.54, 1.807) is 19.1 Å². The average Bonchev–Trinajstić information content (AvgIpc) is 2.28. The number of phenolic OH excluding ortho intramolecular Hbond substituents is 1. The molecule has 1 aromatic rings. The number of phenols is 1. The van der Waals surface area contributed by atoms with Crippen LogP contribution in [0.1, 0.15) is 22.8 Å². The van der Waals surface area contributed by atoms with Crippen LogP contribution in [0, 0.1) is 6.92 Å². The lowest BCUT2D eigenvalue weighted by Crippen LogP contribution is -2.33. The third kappa shape index (κ3) is 2.73. The normalized spacial score (nSPS) is 10.2. The number of aryl methyl sites for hydroxylation is 1. The van der Waals surface area contributed by atoms with Gasteiger partial charge in [0, 0.05) is 18.7 Å². The molecule has 0 atom stereocenters. The highest BCUT2D eigenvalue weighted by Gasteiger charge is 2.14. The number of aliphatic hydroxyl groups is 1. The smallest absolute Gasteiger partial charge is 0.254 e. The highest BCUT2D eigenvalue weighted by molar-refractivity contribution is 5.94. The number of aromatic hydroxyl groups is 1. The van der Waals surface area contributed by atoms with Crippen LogP contribution in [0.15, 0.2) is 18.2 Å². The Hall–Kier alpha value is -1.55. The standard InChI is InChI=1S/C12H17NO3/c1-3-13(6-7-14)12(16)10-5-4-9(2)11(15)8-10/h4-5,8,14-15H,3,6-7H2,1-2H3. The predicted octanol–water partition coefficient (Wildman–Crippen LogP) is 1.16. The van der Waals surface area contributed by atoms with Crippen LogP contribution in [0.5, 0.6) is 5.75 Å². The molecule has 88 valence electrons. The second-order valence-corrected chi connectivity index (χ2v) is 3.61. The van der Waals surface area contributed by atoms with Crippen molar-refractivity contribution in [3.05, 3.63) is 29.3 Å². The van der Waals surface area contributed by atoms with E-state index in [9.17, 15) is 9.90 Å². The summed E-state index contributed by atoms with van der Waals surface area (Å²) in [4.78, 5) is 13.5. The van der Waals surface area contributed by atoms with Gasteiger partial charge in [-0.1, -0.05) is 6.07 Å². The number of carbonyl (C=O) groups is 1. The van der Waals surface area contributed by atoms with Gasteiger partial charge in [-0.25, -0.2) is 0 Å². The molecule has 1 aromatic carbocycles. The van der Waals surface area contributed by atoms with Crippen LogP contribution < -0.4 is 0 Å². The number of likely N-dealkylation sites (N-methyl/N-ethyl adjacent to an activating group) is 1. The average molecular weight is 223 g/mol. The number of hydrogen-bond acceptors (Lipinski definition) is 3. The van der Waals surface area contributed by atoms with Crippen LogP contribution in [-0.4, -0.2) is 40.7 Å². The first-order valence-corrected chi connectivity index (χ1v) is 5.30. The van der Waals surface area contributed by atoms with E-state index in [-0.39, 0.29) is 18.3 Å². The van der Waals surface area contributed by atoms with Crippen molar-refractivity contribution in [2.24, 2.45) is 0 Å². The molecule has 4 nitrogen and oxygen atoms in total. The Bertz CT molecular complexity index is 377. The second kappa shape index (κ2) is 5.51. The Morgan fingerprint density at radius 3 is 2.62 bits per heavy atom. The molecule has 1 rings (SSSR count). The van der Waals surface area contributed by atoms with E-state index < -0.39 is 0 Å². The van der Waals surface area contributed by atoms with Crippen LogP contribution in [-0.2, 0) is 0 Å². The van der Waals surface area contributed by atoms with Gasteiger partial charge in [-0.2, -0.15) is 0 Å². The third-order valence-corrected chi connectivity index (χ3v) is 2.49. The fraction of sp³-hybridized carbons (Fsp3) is 0.417. The highest BCUT2D eigenvalue weighted by Crippen LogP contribution is 2.18. The summed E-state index contributed by atoms with van der Waals surface area (Å²) in [7, 11) is 0. The minimum absolute atomic E-state index is 0.0581. The molecule has 2 N–H and O–H groups in total. The summed E-state index contributed by atoms with van der Waals surface area (Å²) in [6.07, 6.45) is 0. The third-order valence-electron chi connectivity index (χ3n) is 2.49. The minimum Gasteiger partial charge on any atom is -0.508 e. The maximum Gasteiger partial charge on any atom is 0.254 e. The van der Waals surface area contributed by atoms with Gasteiger partial charge < -0.3 is 15.1 Å². The zero-order chi connectivity index (χ0) is 12.1. The molecule has 0 spiro atoms. The van der Waals surface area contributed by atoms with Gasteiger partial charge >= 0.3 is 0 Å². The lowest BCUT2D eigenvalue weighted by atomic mass is 10.1. The van der Waals surface area contributed by atoms with Crippen LogP contribution in [0.4, 0.5) is 0 Å². The Kier molecular flexibility index (Phi) is 4.31. The lowest BCUT2D eigenvalue weighted by molar-refractivity contribution is 0.0731. The van der Waals surface area contributed by atoms with Crippen molar-refractivity contribution >= 4 is 5.91 Å². The van der Waals surface area contributed by atoms with E-state index in [1.165, 1.54) is 11.0 Å². The minimum atomic E-state index is -0.174. The topological polar surface area (TPSA) is 60.8 Å². The van der Waals surface area contributed by atoms with E-state index in [4.69, 9.17) is 5.11 Å². The fourth-order valence-corrected chi connectivity index (χ4v) is 1.45. The van der Waals surface area contributed by atoms with Crippen LogP contribution in [0.25, 0.3) is 0 Å². The number of rotatable bonds is 4. The Morgan fingerprint density at radius 2 is 2.12 bits per heavy atom. The van der Waals surface area contributed by atoms with Gasteiger partial charge in [-0.05, 0) is 31.5 Å². The largest absolute Gasteiger partial charge is 0.508 e. The molecule has 0 saturated heterocycles. The molecule has 0 aliphatic heterocycles. The quantitative estimate of drug-likeness (QED) is 0.805. The maximum absolute atomic E-state index is 11.9. The summed E-state index contributed by atoms with van der Waals surface area (Å²) in [5.41, 5.74) is 1.18. The molecule has 16 heavy (non-hydrogen) atoms. The SMILES string of the molecule is CCN(CCO)C(=O)c1ccc(C)c(O)c1.